The van der Waals surface area contributed by atoms with Crippen LogP contribution in [-0.4, -0.2) is 49.4 Å². The van der Waals surface area contributed by atoms with Gasteiger partial charge in [0.15, 0.2) is 0 Å². The maximum Gasteiger partial charge on any atom is 0.410 e. The highest BCUT2D eigenvalue weighted by atomic mass is 79.9. The van der Waals surface area contributed by atoms with Gasteiger partial charge in [0.25, 0.3) is 10.0 Å². The molecule has 0 aromatic heterocycles. The molecule has 1 heterocycles. The molecule has 1 aliphatic carbocycles. The van der Waals surface area contributed by atoms with Crippen LogP contribution in [0, 0.1) is 5.41 Å². The lowest BCUT2D eigenvalue weighted by Gasteiger charge is -2.31. The number of likely N-dealkylation sites (tertiary alicyclic amines) is 1. The summed E-state index contributed by atoms with van der Waals surface area (Å²) in [5.41, 5.74) is -0.401. The molecule has 1 saturated heterocycles. The highest BCUT2D eigenvalue weighted by Gasteiger charge is 2.62. The number of hydrogen-bond donors (Lipinski definition) is 1. The van der Waals surface area contributed by atoms with Gasteiger partial charge in [-0.05, 0) is 57.7 Å². The number of carbonyl (C=O) groups is 1. The number of carbonyl (C=O) groups excluding carboxylic acids is 1. The van der Waals surface area contributed by atoms with Crippen LogP contribution < -0.4 is 4.72 Å². The predicted octanol–water partition coefficient (Wildman–Crippen LogP) is 3.90. The first-order valence-corrected chi connectivity index (χ1v) is 11.7. The van der Waals surface area contributed by atoms with E-state index in [1.54, 1.807) is 20.8 Å². The van der Waals surface area contributed by atoms with Crippen LogP contribution in [-0.2, 0) is 21.2 Å². The second-order valence-corrected chi connectivity index (χ2v) is 11.4. The van der Waals surface area contributed by atoms with Gasteiger partial charge in [-0.1, -0.05) is 28.1 Å². The highest BCUT2D eigenvalue weighted by Crippen LogP contribution is 2.55. The molecule has 3 rings (SSSR count). The van der Waals surface area contributed by atoms with Gasteiger partial charge in [0.1, 0.15) is 5.60 Å². The van der Waals surface area contributed by atoms with Gasteiger partial charge in [0.05, 0.1) is 12.1 Å². The van der Waals surface area contributed by atoms with Gasteiger partial charge in [-0.3, -0.25) is 0 Å². The Kier molecular flexibility index (Phi) is 6.01. The van der Waals surface area contributed by atoms with Crippen molar-refractivity contribution in [2.75, 3.05) is 6.54 Å². The minimum absolute atomic E-state index is 0.275. The number of nitrogens with one attached hydrogen (secondary N) is 1. The summed E-state index contributed by atoms with van der Waals surface area (Å²) in [6.45, 7) is 5.51. The van der Waals surface area contributed by atoms with Crippen LogP contribution in [0.5, 0.6) is 0 Å². The van der Waals surface area contributed by atoms with Crippen LogP contribution in [0.15, 0.2) is 28.7 Å². The molecular formula is C19H25BrF2N2O4S. The lowest BCUT2D eigenvalue weighted by atomic mass is 9.93. The Morgan fingerprint density at radius 2 is 2.03 bits per heavy atom. The lowest BCUT2D eigenvalue weighted by Crippen LogP contribution is -2.51. The van der Waals surface area contributed by atoms with Crippen LogP contribution in [0.3, 0.4) is 0 Å². The number of nitrogens with zero attached hydrogens (tertiary/aromatic N) is 1. The number of amides is 1. The summed E-state index contributed by atoms with van der Waals surface area (Å²) in [4.78, 5) is 14.4. The molecule has 1 spiro atoms. The summed E-state index contributed by atoms with van der Waals surface area (Å²) in [6.07, 6.45) is 1.08. The van der Waals surface area contributed by atoms with Crippen LogP contribution in [0.4, 0.5) is 13.6 Å². The Balaban J connectivity index is 1.94. The Morgan fingerprint density at radius 3 is 2.55 bits per heavy atom. The van der Waals surface area contributed by atoms with Crippen molar-refractivity contribution in [1.82, 2.24) is 9.62 Å². The summed E-state index contributed by atoms with van der Waals surface area (Å²) >= 11 is 3.40. The molecular weight excluding hydrogens is 470 g/mol. The number of ether oxygens (including phenoxy) is 1. The monoisotopic (exact) mass is 494 g/mol. The normalized spacial score (nSPS) is 23.6. The minimum Gasteiger partial charge on any atom is -0.444 e. The fraction of sp³-hybridized carbons (Fsp3) is 0.632. The van der Waals surface area contributed by atoms with Gasteiger partial charge in [0.2, 0.25) is 0 Å². The third kappa shape index (κ3) is 5.08. The van der Waals surface area contributed by atoms with E-state index in [9.17, 15) is 22.0 Å². The zero-order valence-electron chi connectivity index (χ0n) is 16.5. The van der Waals surface area contributed by atoms with Gasteiger partial charge < -0.3 is 9.64 Å². The molecule has 1 aromatic rings. The second-order valence-electron chi connectivity index (χ2n) is 8.77. The average molecular weight is 495 g/mol. The first kappa shape index (κ1) is 22.4. The van der Waals surface area contributed by atoms with E-state index in [0.29, 0.717) is 19.3 Å². The van der Waals surface area contributed by atoms with Crippen molar-refractivity contribution >= 4 is 32.0 Å². The number of benzene rings is 1. The molecule has 6 nitrogen and oxygen atoms in total. The highest BCUT2D eigenvalue weighted by molar-refractivity contribution is 9.10. The maximum atomic E-state index is 13.1. The van der Waals surface area contributed by atoms with Crippen LogP contribution >= 0.6 is 15.9 Å². The Morgan fingerprint density at radius 1 is 1.38 bits per heavy atom. The van der Waals surface area contributed by atoms with Crippen molar-refractivity contribution in [3.8, 4) is 0 Å². The molecule has 1 aliphatic heterocycles. The fourth-order valence-corrected chi connectivity index (χ4v) is 5.17. The summed E-state index contributed by atoms with van der Waals surface area (Å²) in [7, 11) is -4.80. The molecule has 0 radical (unpaired) electrons. The van der Waals surface area contributed by atoms with E-state index in [-0.39, 0.29) is 6.54 Å². The van der Waals surface area contributed by atoms with E-state index in [4.69, 9.17) is 4.74 Å². The average Bonchev–Trinajstić information content (AvgIpc) is 3.29. The van der Waals surface area contributed by atoms with E-state index < -0.39 is 45.0 Å². The molecule has 2 aliphatic rings. The number of rotatable bonds is 5. The standard InChI is InChI=1S/C19H25BrF2N2O4S/c1-18(2,3)28-17(25)24-11-19(7-8-19)15(23-29(26,27)16(21)22)14(24)10-12-5-4-6-13(20)9-12/h4-6,9,14-16,23H,7-8,10-11H2,1-3H3/t14-,15+/m0/s1. The quantitative estimate of drug-likeness (QED) is 0.673. The van der Waals surface area contributed by atoms with Crippen molar-refractivity contribution in [3.05, 3.63) is 34.3 Å². The van der Waals surface area contributed by atoms with E-state index in [2.05, 4.69) is 20.7 Å². The Labute approximate surface area is 178 Å². The zero-order valence-corrected chi connectivity index (χ0v) is 18.9. The molecule has 1 saturated carbocycles. The molecule has 29 heavy (non-hydrogen) atoms. The predicted molar refractivity (Wildman–Crippen MR) is 108 cm³/mol. The molecule has 2 fully saturated rings. The molecule has 1 amide bonds. The number of sulfonamides is 1. The Hall–Kier alpha value is -1.26. The Bertz CT molecular complexity index is 884. The van der Waals surface area contributed by atoms with Gasteiger partial charge >= 0.3 is 11.9 Å². The number of halogens is 3. The SMILES string of the molecule is CC(C)(C)OC(=O)N1CC2(CC2)[C@H](NS(=O)(=O)C(F)F)[C@@H]1Cc1cccc(Br)c1. The zero-order chi connectivity index (χ0) is 21.6. The maximum absolute atomic E-state index is 13.1. The third-order valence-corrected chi connectivity index (χ3v) is 6.85. The minimum atomic E-state index is -4.80. The number of alkyl halides is 2. The van der Waals surface area contributed by atoms with Crippen molar-refractivity contribution in [2.24, 2.45) is 5.41 Å². The van der Waals surface area contributed by atoms with Crippen molar-refractivity contribution < 1.29 is 26.7 Å². The first-order chi connectivity index (χ1) is 13.3. The molecule has 162 valence electrons. The van der Waals surface area contributed by atoms with Crippen LogP contribution in [0.2, 0.25) is 0 Å². The lowest BCUT2D eigenvalue weighted by molar-refractivity contribution is 0.0214. The van der Waals surface area contributed by atoms with E-state index in [1.165, 1.54) is 4.90 Å². The van der Waals surface area contributed by atoms with Crippen LogP contribution in [0.25, 0.3) is 0 Å². The van der Waals surface area contributed by atoms with Gasteiger partial charge in [-0.2, -0.15) is 8.78 Å². The number of hydrogen-bond acceptors (Lipinski definition) is 4. The van der Waals surface area contributed by atoms with Crippen LogP contribution in [0.1, 0.15) is 39.2 Å². The molecule has 10 heteroatoms. The molecule has 2 atom stereocenters. The summed E-state index contributed by atoms with van der Waals surface area (Å²) < 4.78 is 58.6. The third-order valence-electron chi connectivity index (χ3n) is 5.31. The first-order valence-electron chi connectivity index (χ1n) is 9.36. The largest absolute Gasteiger partial charge is 0.444 e. The van der Waals surface area contributed by atoms with E-state index in [1.807, 2.05) is 24.3 Å². The van der Waals surface area contributed by atoms with E-state index >= 15 is 0 Å². The topological polar surface area (TPSA) is 75.7 Å². The van der Waals surface area contributed by atoms with E-state index in [0.717, 1.165) is 10.0 Å². The van der Waals surface area contributed by atoms with Crippen molar-refractivity contribution in [2.45, 2.75) is 63.5 Å². The molecule has 1 aromatic carbocycles. The fourth-order valence-electron chi connectivity index (χ4n) is 3.86. The summed E-state index contributed by atoms with van der Waals surface area (Å²) in [5.74, 6) is -3.53. The summed E-state index contributed by atoms with van der Waals surface area (Å²) in [5, 5.41) is 0. The van der Waals surface area contributed by atoms with Gasteiger partial charge in [-0.25, -0.2) is 17.9 Å². The smallest absolute Gasteiger partial charge is 0.410 e. The second kappa shape index (κ2) is 7.77. The molecule has 1 N–H and O–H groups in total. The molecule has 0 bridgehead atoms. The van der Waals surface area contributed by atoms with Crippen molar-refractivity contribution in [1.29, 1.82) is 0 Å². The molecule has 0 unspecified atom stereocenters. The summed E-state index contributed by atoms with van der Waals surface area (Å²) in [6, 6.07) is 5.97. The van der Waals surface area contributed by atoms with Crippen molar-refractivity contribution in [3.63, 3.8) is 0 Å². The van der Waals surface area contributed by atoms with Gasteiger partial charge in [0, 0.05) is 16.4 Å². The van der Waals surface area contributed by atoms with Gasteiger partial charge in [-0.15, -0.1) is 0 Å².